The monoisotopic (exact) mass is 275 g/mol. The number of hydrogen-bond acceptors (Lipinski definition) is 3. The molecule has 1 fully saturated rings. The van der Waals surface area contributed by atoms with E-state index in [1.54, 1.807) is 0 Å². The van der Waals surface area contributed by atoms with Gasteiger partial charge in [-0.05, 0) is 57.6 Å². The zero-order valence-corrected chi connectivity index (χ0v) is 12.9. The van der Waals surface area contributed by atoms with Crippen LogP contribution in [-0.2, 0) is 0 Å². The topological polar surface area (TPSA) is 35.6 Å². The molecule has 1 N–H and O–H groups in total. The number of nitrogens with zero attached hydrogens (tertiary/aromatic N) is 2. The Morgan fingerprint density at radius 3 is 2.75 bits per heavy atom. The molecule has 1 amide bonds. The summed E-state index contributed by atoms with van der Waals surface area (Å²) in [5.41, 5.74) is 2.90. The van der Waals surface area contributed by atoms with Crippen LogP contribution >= 0.6 is 0 Å². The van der Waals surface area contributed by atoms with E-state index in [9.17, 15) is 4.79 Å². The van der Waals surface area contributed by atoms with Gasteiger partial charge in [0.25, 0.3) is 5.91 Å². The van der Waals surface area contributed by atoms with Crippen LogP contribution < -0.4 is 5.32 Å². The Balaban J connectivity index is 2.21. The van der Waals surface area contributed by atoms with Crippen LogP contribution in [0, 0.1) is 6.92 Å². The molecule has 1 saturated heterocycles. The summed E-state index contributed by atoms with van der Waals surface area (Å²) in [6, 6.07) is 6.19. The van der Waals surface area contributed by atoms with E-state index in [4.69, 9.17) is 0 Å². The van der Waals surface area contributed by atoms with Crippen LogP contribution in [0.4, 0.5) is 5.69 Å². The van der Waals surface area contributed by atoms with Crippen molar-refractivity contribution < 1.29 is 4.79 Å². The molecular weight excluding hydrogens is 250 g/mol. The lowest BCUT2D eigenvalue weighted by molar-refractivity contribution is 0.0696. The summed E-state index contributed by atoms with van der Waals surface area (Å²) in [4.78, 5) is 17.1. The summed E-state index contributed by atoms with van der Waals surface area (Å²) in [5.74, 6) is 0.160. The number of rotatable bonds is 2. The first kappa shape index (κ1) is 14.9. The number of likely N-dealkylation sites (N-methyl/N-ethyl adjacent to an activating group) is 1. The molecular formula is C16H25N3O. The van der Waals surface area contributed by atoms with Crippen LogP contribution in [0.25, 0.3) is 0 Å². The van der Waals surface area contributed by atoms with E-state index in [0.717, 1.165) is 42.9 Å². The lowest BCUT2D eigenvalue weighted by Crippen LogP contribution is -2.42. The van der Waals surface area contributed by atoms with Crippen molar-refractivity contribution >= 4 is 11.6 Å². The maximum absolute atomic E-state index is 12.8. The summed E-state index contributed by atoms with van der Waals surface area (Å²) in [6.07, 6.45) is 1.04. The van der Waals surface area contributed by atoms with Crippen molar-refractivity contribution in [1.82, 2.24) is 9.80 Å². The molecule has 4 heteroatoms. The van der Waals surface area contributed by atoms with E-state index < -0.39 is 0 Å². The van der Waals surface area contributed by atoms with E-state index >= 15 is 0 Å². The molecule has 1 unspecified atom stereocenters. The molecule has 110 valence electrons. The molecule has 0 saturated carbocycles. The fourth-order valence-electron chi connectivity index (χ4n) is 2.89. The average Bonchev–Trinajstić information content (AvgIpc) is 2.58. The minimum Gasteiger partial charge on any atom is -0.388 e. The van der Waals surface area contributed by atoms with Crippen molar-refractivity contribution in [3.05, 3.63) is 29.3 Å². The molecule has 2 rings (SSSR count). The molecule has 1 aromatic rings. The first-order valence-electron chi connectivity index (χ1n) is 7.31. The van der Waals surface area contributed by atoms with Gasteiger partial charge in [-0.15, -0.1) is 0 Å². The Morgan fingerprint density at radius 1 is 1.35 bits per heavy atom. The van der Waals surface area contributed by atoms with Gasteiger partial charge in [0, 0.05) is 37.4 Å². The third-order valence-corrected chi connectivity index (χ3v) is 4.05. The summed E-state index contributed by atoms with van der Waals surface area (Å²) in [7, 11) is 4.01. The predicted octanol–water partition coefficient (Wildman–Crippen LogP) is 2.20. The maximum atomic E-state index is 12.8. The molecule has 0 radical (unpaired) electrons. The van der Waals surface area contributed by atoms with Gasteiger partial charge in [0.05, 0.1) is 0 Å². The summed E-state index contributed by atoms with van der Waals surface area (Å²) in [6.45, 7) is 6.99. The summed E-state index contributed by atoms with van der Waals surface area (Å²) >= 11 is 0. The average molecular weight is 275 g/mol. The van der Waals surface area contributed by atoms with E-state index in [1.807, 2.05) is 37.1 Å². The molecule has 0 aromatic heterocycles. The predicted molar refractivity (Wildman–Crippen MR) is 83.3 cm³/mol. The lowest BCUT2D eigenvalue weighted by Gasteiger charge is -2.28. The highest BCUT2D eigenvalue weighted by molar-refractivity contribution is 5.96. The van der Waals surface area contributed by atoms with Gasteiger partial charge in [0.2, 0.25) is 0 Å². The normalized spacial score (nSPS) is 20.6. The van der Waals surface area contributed by atoms with Crippen LogP contribution in [0.15, 0.2) is 18.2 Å². The molecule has 4 nitrogen and oxygen atoms in total. The van der Waals surface area contributed by atoms with Gasteiger partial charge in [0.15, 0.2) is 0 Å². The minimum absolute atomic E-state index is 0.160. The second-order valence-corrected chi connectivity index (χ2v) is 5.74. The number of anilines is 1. The first-order chi connectivity index (χ1) is 9.52. The molecule has 0 aliphatic carbocycles. The van der Waals surface area contributed by atoms with Crippen LogP contribution in [-0.4, -0.2) is 55.5 Å². The third kappa shape index (κ3) is 3.12. The maximum Gasteiger partial charge on any atom is 0.254 e. The van der Waals surface area contributed by atoms with Crippen LogP contribution in [0.3, 0.4) is 0 Å². The van der Waals surface area contributed by atoms with Gasteiger partial charge >= 0.3 is 0 Å². The molecule has 1 heterocycles. The van der Waals surface area contributed by atoms with Crippen molar-refractivity contribution in [3.63, 3.8) is 0 Å². The Bertz CT molecular complexity index is 487. The SMILES string of the molecule is CNc1ccc(C(=O)N2CCCN(C)CC2C)c(C)c1. The number of hydrogen-bond donors (Lipinski definition) is 1. The van der Waals surface area contributed by atoms with Gasteiger partial charge < -0.3 is 15.1 Å². The Labute approximate surface area is 121 Å². The highest BCUT2D eigenvalue weighted by Crippen LogP contribution is 2.19. The molecule has 1 aromatic carbocycles. The highest BCUT2D eigenvalue weighted by atomic mass is 16.2. The Kier molecular flexibility index (Phi) is 4.65. The summed E-state index contributed by atoms with van der Waals surface area (Å²) < 4.78 is 0. The zero-order valence-electron chi connectivity index (χ0n) is 12.9. The van der Waals surface area contributed by atoms with Crippen molar-refractivity contribution in [2.75, 3.05) is 39.0 Å². The fraction of sp³-hybridized carbons (Fsp3) is 0.562. The van der Waals surface area contributed by atoms with Crippen LogP contribution in [0.5, 0.6) is 0 Å². The van der Waals surface area contributed by atoms with Crippen molar-refractivity contribution in [1.29, 1.82) is 0 Å². The molecule has 1 aliphatic heterocycles. The Morgan fingerprint density at radius 2 is 2.10 bits per heavy atom. The Hall–Kier alpha value is -1.55. The van der Waals surface area contributed by atoms with E-state index in [1.165, 1.54) is 0 Å². The number of carbonyl (C=O) groups is 1. The zero-order chi connectivity index (χ0) is 14.7. The molecule has 0 spiro atoms. The van der Waals surface area contributed by atoms with E-state index in [2.05, 4.69) is 24.2 Å². The largest absolute Gasteiger partial charge is 0.388 e. The number of nitrogens with one attached hydrogen (secondary N) is 1. The van der Waals surface area contributed by atoms with E-state index in [-0.39, 0.29) is 11.9 Å². The van der Waals surface area contributed by atoms with Gasteiger partial charge in [-0.2, -0.15) is 0 Å². The van der Waals surface area contributed by atoms with Gasteiger partial charge in [-0.1, -0.05) is 0 Å². The number of amides is 1. The molecule has 0 bridgehead atoms. The smallest absolute Gasteiger partial charge is 0.254 e. The molecule has 1 aliphatic rings. The van der Waals surface area contributed by atoms with Crippen LogP contribution in [0.2, 0.25) is 0 Å². The van der Waals surface area contributed by atoms with Gasteiger partial charge in [-0.3, -0.25) is 4.79 Å². The number of benzene rings is 1. The standard InChI is InChI=1S/C16H25N3O/c1-12-10-14(17-3)6-7-15(12)16(20)19-9-5-8-18(4)11-13(19)2/h6-7,10,13,17H,5,8-9,11H2,1-4H3. The van der Waals surface area contributed by atoms with Crippen molar-refractivity contribution in [3.8, 4) is 0 Å². The second-order valence-electron chi connectivity index (χ2n) is 5.74. The summed E-state index contributed by atoms with van der Waals surface area (Å²) in [5, 5.41) is 3.11. The molecule has 1 atom stereocenters. The molecule has 20 heavy (non-hydrogen) atoms. The van der Waals surface area contributed by atoms with Gasteiger partial charge in [0.1, 0.15) is 0 Å². The van der Waals surface area contributed by atoms with Crippen molar-refractivity contribution in [2.24, 2.45) is 0 Å². The van der Waals surface area contributed by atoms with Crippen LogP contribution in [0.1, 0.15) is 29.3 Å². The van der Waals surface area contributed by atoms with Gasteiger partial charge in [-0.25, -0.2) is 0 Å². The quantitative estimate of drug-likeness (QED) is 0.899. The fourth-order valence-corrected chi connectivity index (χ4v) is 2.89. The highest BCUT2D eigenvalue weighted by Gasteiger charge is 2.25. The number of aryl methyl sites for hydroxylation is 1. The lowest BCUT2D eigenvalue weighted by atomic mass is 10.1. The van der Waals surface area contributed by atoms with E-state index in [0.29, 0.717) is 0 Å². The second kappa shape index (κ2) is 6.27. The first-order valence-corrected chi connectivity index (χ1v) is 7.31. The number of carbonyl (C=O) groups excluding carboxylic acids is 1. The van der Waals surface area contributed by atoms with Crippen molar-refractivity contribution in [2.45, 2.75) is 26.3 Å². The third-order valence-electron chi connectivity index (χ3n) is 4.05. The minimum atomic E-state index is 0.160.